The number of aryl methyl sites for hydroxylation is 1. The molecule has 0 aliphatic carbocycles. The Balaban J connectivity index is 2.01. The average Bonchev–Trinajstić information content (AvgIpc) is 2.76. The van der Waals surface area contributed by atoms with E-state index in [4.69, 9.17) is 17.3 Å². The Labute approximate surface area is 129 Å². The summed E-state index contributed by atoms with van der Waals surface area (Å²) in [6, 6.07) is 17.8. The highest BCUT2D eigenvalue weighted by molar-refractivity contribution is 6.30. The molecule has 3 aromatic rings. The maximum atomic E-state index is 6.29. The maximum absolute atomic E-state index is 6.29. The van der Waals surface area contributed by atoms with Crippen molar-refractivity contribution in [3.05, 3.63) is 71.0 Å². The number of benzene rings is 2. The standard InChI is InChI=1S/C17H16ClN3/c1-12-20-16(14-8-5-9-15(18)10-14)17(19)21(12)11-13-6-3-2-4-7-13/h2-10H,11,19H2,1H3. The Morgan fingerprint density at radius 3 is 2.57 bits per heavy atom. The third-order valence-corrected chi connectivity index (χ3v) is 3.71. The van der Waals surface area contributed by atoms with Crippen molar-refractivity contribution >= 4 is 17.4 Å². The van der Waals surface area contributed by atoms with E-state index in [-0.39, 0.29) is 0 Å². The second-order valence-corrected chi connectivity index (χ2v) is 5.41. The zero-order chi connectivity index (χ0) is 14.8. The number of hydrogen-bond acceptors (Lipinski definition) is 2. The van der Waals surface area contributed by atoms with Gasteiger partial charge >= 0.3 is 0 Å². The summed E-state index contributed by atoms with van der Waals surface area (Å²) >= 11 is 6.05. The summed E-state index contributed by atoms with van der Waals surface area (Å²) in [6.07, 6.45) is 0. The molecule has 1 heterocycles. The van der Waals surface area contributed by atoms with Gasteiger partial charge in [0.05, 0.1) is 6.54 Å². The van der Waals surface area contributed by atoms with Crippen LogP contribution < -0.4 is 5.73 Å². The van der Waals surface area contributed by atoms with Gasteiger partial charge in [-0.25, -0.2) is 4.98 Å². The highest BCUT2D eigenvalue weighted by Crippen LogP contribution is 2.28. The number of aromatic nitrogens is 2. The fraction of sp³-hybridized carbons (Fsp3) is 0.118. The summed E-state index contributed by atoms with van der Waals surface area (Å²) in [6.45, 7) is 2.68. The molecule has 0 spiro atoms. The number of nitrogen functional groups attached to an aromatic ring is 1. The number of nitrogens with zero attached hydrogens (tertiary/aromatic N) is 2. The second kappa shape index (κ2) is 5.62. The van der Waals surface area contributed by atoms with E-state index in [2.05, 4.69) is 17.1 Å². The summed E-state index contributed by atoms with van der Waals surface area (Å²) in [7, 11) is 0. The molecule has 0 radical (unpaired) electrons. The van der Waals surface area contributed by atoms with Crippen LogP contribution in [0.3, 0.4) is 0 Å². The first-order valence-corrected chi connectivity index (χ1v) is 7.15. The molecule has 21 heavy (non-hydrogen) atoms. The van der Waals surface area contributed by atoms with E-state index in [1.165, 1.54) is 5.56 Å². The molecule has 0 aliphatic heterocycles. The number of rotatable bonds is 3. The van der Waals surface area contributed by atoms with Crippen LogP contribution in [-0.2, 0) is 6.54 Å². The Hall–Kier alpha value is -2.26. The quantitative estimate of drug-likeness (QED) is 0.789. The molecule has 2 N–H and O–H groups in total. The van der Waals surface area contributed by atoms with Crippen LogP contribution in [0, 0.1) is 6.92 Å². The van der Waals surface area contributed by atoms with Gasteiger partial charge in [-0.1, -0.05) is 54.1 Å². The van der Waals surface area contributed by atoms with Crippen molar-refractivity contribution in [3.63, 3.8) is 0 Å². The van der Waals surface area contributed by atoms with Gasteiger partial charge in [0.1, 0.15) is 17.3 Å². The van der Waals surface area contributed by atoms with E-state index in [9.17, 15) is 0 Å². The van der Waals surface area contributed by atoms with Crippen LogP contribution in [0.1, 0.15) is 11.4 Å². The lowest BCUT2D eigenvalue weighted by Gasteiger charge is -2.08. The van der Waals surface area contributed by atoms with Gasteiger partial charge in [-0.2, -0.15) is 0 Å². The first-order chi connectivity index (χ1) is 10.1. The minimum Gasteiger partial charge on any atom is -0.383 e. The summed E-state index contributed by atoms with van der Waals surface area (Å²) in [5.74, 6) is 1.56. The highest BCUT2D eigenvalue weighted by Gasteiger charge is 2.14. The van der Waals surface area contributed by atoms with Crippen molar-refractivity contribution in [2.45, 2.75) is 13.5 Å². The van der Waals surface area contributed by atoms with Crippen LogP contribution in [0.25, 0.3) is 11.3 Å². The van der Waals surface area contributed by atoms with E-state index < -0.39 is 0 Å². The fourth-order valence-electron chi connectivity index (χ4n) is 2.40. The monoisotopic (exact) mass is 297 g/mol. The maximum Gasteiger partial charge on any atom is 0.132 e. The molecule has 3 nitrogen and oxygen atoms in total. The van der Waals surface area contributed by atoms with Crippen LogP contribution in [0.5, 0.6) is 0 Å². The van der Waals surface area contributed by atoms with Crippen molar-refractivity contribution in [1.29, 1.82) is 0 Å². The van der Waals surface area contributed by atoms with Crippen molar-refractivity contribution < 1.29 is 0 Å². The van der Waals surface area contributed by atoms with E-state index in [1.807, 2.05) is 54.0 Å². The normalized spacial score (nSPS) is 10.8. The molecule has 0 atom stereocenters. The molecule has 0 bridgehead atoms. The number of nitrogens with two attached hydrogens (primary N) is 1. The number of imidazole rings is 1. The summed E-state index contributed by atoms with van der Waals surface area (Å²) < 4.78 is 2.02. The molecule has 0 aliphatic rings. The number of anilines is 1. The predicted octanol–water partition coefficient (Wildman–Crippen LogP) is 4.14. The lowest BCUT2D eigenvalue weighted by molar-refractivity contribution is 0.771. The molecule has 0 saturated carbocycles. The zero-order valence-corrected chi connectivity index (χ0v) is 12.5. The molecular formula is C17H16ClN3. The van der Waals surface area contributed by atoms with Gasteiger partial charge < -0.3 is 10.3 Å². The van der Waals surface area contributed by atoms with Crippen LogP contribution in [0.15, 0.2) is 54.6 Å². The molecule has 0 saturated heterocycles. The largest absolute Gasteiger partial charge is 0.383 e. The smallest absolute Gasteiger partial charge is 0.132 e. The molecule has 1 aromatic heterocycles. The summed E-state index contributed by atoms with van der Waals surface area (Å²) in [5, 5.41) is 0.683. The van der Waals surface area contributed by atoms with Crippen LogP contribution in [-0.4, -0.2) is 9.55 Å². The minimum absolute atomic E-state index is 0.665. The summed E-state index contributed by atoms with van der Waals surface area (Å²) in [5.41, 5.74) is 9.21. The third kappa shape index (κ3) is 2.78. The van der Waals surface area contributed by atoms with Gasteiger partial charge in [0, 0.05) is 10.6 Å². The average molecular weight is 298 g/mol. The first-order valence-electron chi connectivity index (χ1n) is 6.77. The molecule has 4 heteroatoms. The molecule has 0 unspecified atom stereocenters. The predicted molar refractivity (Wildman–Crippen MR) is 87.4 cm³/mol. The molecular weight excluding hydrogens is 282 g/mol. The topological polar surface area (TPSA) is 43.8 Å². The van der Waals surface area contributed by atoms with Gasteiger partial charge in [-0.15, -0.1) is 0 Å². The Morgan fingerprint density at radius 2 is 1.86 bits per heavy atom. The fourth-order valence-corrected chi connectivity index (χ4v) is 2.59. The van der Waals surface area contributed by atoms with Gasteiger partial charge in [0.15, 0.2) is 0 Å². The van der Waals surface area contributed by atoms with Crippen LogP contribution in [0.4, 0.5) is 5.82 Å². The molecule has 0 fully saturated rings. The molecule has 2 aromatic carbocycles. The van der Waals surface area contributed by atoms with Crippen LogP contribution in [0.2, 0.25) is 5.02 Å². The van der Waals surface area contributed by atoms with E-state index in [1.54, 1.807) is 0 Å². The lowest BCUT2D eigenvalue weighted by atomic mass is 10.1. The van der Waals surface area contributed by atoms with Crippen molar-refractivity contribution in [2.24, 2.45) is 0 Å². The molecule has 0 amide bonds. The van der Waals surface area contributed by atoms with Crippen molar-refractivity contribution in [1.82, 2.24) is 9.55 Å². The molecule has 106 valence electrons. The Morgan fingerprint density at radius 1 is 1.10 bits per heavy atom. The van der Waals surface area contributed by atoms with Crippen molar-refractivity contribution in [2.75, 3.05) is 5.73 Å². The third-order valence-electron chi connectivity index (χ3n) is 3.48. The first kappa shape index (κ1) is 13.7. The van der Waals surface area contributed by atoms with E-state index in [0.717, 1.165) is 17.1 Å². The van der Waals surface area contributed by atoms with Gasteiger partial charge in [-0.05, 0) is 24.6 Å². The lowest BCUT2D eigenvalue weighted by Crippen LogP contribution is -2.06. The Kier molecular flexibility index (Phi) is 3.67. The van der Waals surface area contributed by atoms with Gasteiger partial charge in [0.2, 0.25) is 0 Å². The van der Waals surface area contributed by atoms with Crippen LogP contribution >= 0.6 is 11.6 Å². The highest BCUT2D eigenvalue weighted by atomic mass is 35.5. The zero-order valence-electron chi connectivity index (χ0n) is 11.8. The number of hydrogen-bond donors (Lipinski definition) is 1. The van der Waals surface area contributed by atoms with Gasteiger partial charge in [-0.3, -0.25) is 0 Å². The second-order valence-electron chi connectivity index (χ2n) is 4.97. The van der Waals surface area contributed by atoms with E-state index in [0.29, 0.717) is 17.4 Å². The summed E-state index contributed by atoms with van der Waals surface area (Å²) in [4.78, 5) is 4.60. The molecule has 3 rings (SSSR count). The Bertz CT molecular complexity index is 763. The van der Waals surface area contributed by atoms with Crippen molar-refractivity contribution in [3.8, 4) is 11.3 Å². The SMILES string of the molecule is Cc1nc(-c2cccc(Cl)c2)c(N)n1Cc1ccccc1. The number of halogens is 1. The van der Waals surface area contributed by atoms with Gasteiger partial charge in [0.25, 0.3) is 0 Å². The minimum atomic E-state index is 0.665. The van der Waals surface area contributed by atoms with E-state index >= 15 is 0 Å².